The van der Waals surface area contributed by atoms with Crippen molar-refractivity contribution in [3.8, 4) is 44.5 Å². The molecule has 7 aromatic rings. The lowest BCUT2D eigenvalue weighted by atomic mass is 10.0. The van der Waals surface area contributed by atoms with Crippen LogP contribution in [0.3, 0.4) is 0 Å². The molecular weight excluding hydrogens is 685 g/mol. The fraction of sp³-hybridized carbons (Fsp3) is 0.0667. The first kappa shape index (κ1) is 32.9. The molecule has 2 aliphatic rings. The number of isothiocyanates is 1. The highest BCUT2D eigenvalue weighted by molar-refractivity contribution is 7.78. The van der Waals surface area contributed by atoms with E-state index in [0.717, 1.165) is 95.0 Å². The third-order valence-electron chi connectivity index (χ3n) is 9.89. The van der Waals surface area contributed by atoms with Gasteiger partial charge in [0.15, 0.2) is 37.2 Å². The summed E-state index contributed by atoms with van der Waals surface area (Å²) in [6.45, 7) is 0. The summed E-state index contributed by atoms with van der Waals surface area (Å²) in [5.41, 5.74) is 16.1. The molecule has 6 aromatic heterocycles. The fourth-order valence-corrected chi connectivity index (χ4v) is 7.28. The molecule has 258 valence electrons. The minimum atomic E-state index is 0.749. The lowest BCUT2D eigenvalue weighted by molar-refractivity contribution is -0.671. The quantitative estimate of drug-likeness (QED) is 0.106. The van der Waals surface area contributed by atoms with E-state index in [2.05, 4.69) is 154 Å². The summed E-state index contributed by atoms with van der Waals surface area (Å²) in [4.78, 5) is 22.6. The lowest BCUT2D eigenvalue weighted by Crippen LogP contribution is -2.25. The van der Waals surface area contributed by atoms with Gasteiger partial charge in [-0.2, -0.15) is 4.99 Å². The van der Waals surface area contributed by atoms with Gasteiger partial charge >= 0.3 is 0 Å². The summed E-state index contributed by atoms with van der Waals surface area (Å²) in [6, 6.07) is 29.4. The van der Waals surface area contributed by atoms with Crippen molar-refractivity contribution in [2.24, 2.45) is 26.1 Å². The minimum absolute atomic E-state index is 0.749. The minimum Gasteiger partial charge on any atom is -0.354 e. The zero-order valence-corrected chi connectivity index (χ0v) is 30.8. The van der Waals surface area contributed by atoms with Gasteiger partial charge in [0.2, 0.25) is 0 Å². The van der Waals surface area contributed by atoms with Crippen molar-refractivity contribution in [1.29, 1.82) is 0 Å². The fourth-order valence-electron chi connectivity index (χ4n) is 7.18. The van der Waals surface area contributed by atoms with Crippen LogP contribution in [0, 0.1) is 0 Å². The molecule has 0 spiro atoms. The predicted molar refractivity (Wildman–Crippen MR) is 219 cm³/mol. The van der Waals surface area contributed by atoms with Crippen LogP contribution in [0.25, 0.3) is 90.9 Å². The number of aromatic amines is 2. The first-order valence-electron chi connectivity index (χ1n) is 17.6. The summed E-state index contributed by atoms with van der Waals surface area (Å²) in [5.74, 6) is 0. The average Bonchev–Trinajstić information content (AvgIpc) is 4.02. The lowest BCUT2D eigenvalue weighted by Gasteiger charge is -2.06. The van der Waals surface area contributed by atoms with Crippen molar-refractivity contribution in [1.82, 2.24) is 19.9 Å². The van der Waals surface area contributed by atoms with Crippen LogP contribution in [0.2, 0.25) is 0 Å². The summed E-state index contributed by atoms with van der Waals surface area (Å²) >= 11 is 4.88. The van der Waals surface area contributed by atoms with Gasteiger partial charge in [-0.25, -0.2) is 23.7 Å². The second kappa shape index (κ2) is 13.6. The van der Waals surface area contributed by atoms with Crippen molar-refractivity contribution in [3.05, 3.63) is 145 Å². The van der Waals surface area contributed by atoms with Crippen LogP contribution >= 0.6 is 12.2 Å². The number of aliphatic imine (C=N–C) groups is 1. The number of nitrogens with one attached hydrogen (secondary N) is 2. The molecule has 2 N–H and O–H groups in total. The van der Waals surface area contributed by atoms with E-state index in [4.69, 9.17) is 22.2 Å². The molecule has 0 atom stereocenters. The molecule has 0 saturated carbocycles. The van der Waals surface area contributed by atoms with Crippen LogP contribution in [0.5, 0.6) is 0 Å². The molecule has 0 radical (unpaired) electrons. The predicted octanol–water partition coefficient (Wildman–Crippen LogP) is 8.53. The molecule has 54 heavy (non-hydrogen) atoms. The van der Waals surface area contributed by atoms with Crippen LogP contribution < -0.4 is 13.7 Å². The average molecular weight is 720 g/mol. The van der Waals surface area contributed by atoms with Crippen LogP contribution in [-0.4, -0.2) is 25.1 Å². The molecule has 9 rings (SSSR count). The number of nitrogens with zero attached hydrogens (tertiary/aromatic N) is 6. The van der Waals surface area contributed by atoms with Crippen LogP contribution in [0.15, 0.2) is 127 Å². The standard InChI is InChI=1S/C45H34N8S/c1-51-22-16-30(17-23-51)43-36-10-8-34(47-36)42(29-4-6-33(7-5-29)46-28-54)35-9-11-37(48-35)44(31-18-24-52(2)25-19-31)39-13-15-41(50-39)45(40-14-12-38(43)49-40)32-20-26-53(3)27-21-32/h4-27H,1-3H3,(H,47,48,49,50)/q+2/p+1. The smallest absolute Gasteiger partial charge is 0.169 e. The van der Waals surface area contributed by atoms with Gasteiger partial charge in [0.1, 0.15) is 21.1 Å². The summed E-state index contributed by atoms with van der Waals surface area (Å²) < 4.78 is 6.11. The first-order valence-corrected chi connectivity index (χ1v) is 18.0. The van der Waals surface area contributed by atoms with Crippen molar-refractivity contribution in [2.75, 3.05) is 0 Å². The Hall–Kier alpha value is -6.93. The van der Waals surface area contributed by atoms with Crippen molar-refractivity contribution in [3.63, 3.8) is 0 Å². The first-order chi connectivity index (χ1) is 26.4. The van der Waals surface area contributed by atoms with E-state index in [1.54, 1.807) is 0 Å². The number of fused-ring (bicyclic) bond motifs is 8. The summed E-state index contributed by atoms with van der Waals surface area (Å²) in [7, 11) is 6.07. The molecule has 8 heterocycles. The Balaban J connectivity index is 1.45. The number of rotatable bonds is 5. The molecule has 0 fully saturated rings. The van der Waals surface area contributed by atoms with Gasteiger partial charge in [0, 0.05) is 80.7 Å². The molecule has 0 amide bonds. The molecule has 9 heteroatoms. The zero-order valence-electron chi connectivity index (χ0n) is 29.9. The number of aromatic nitrogens is 7. The molecule has 1 aromatic carbocycles. The van der Waals surface area contributed by atoms with Gasteiger partial charge in [-0.05, 0) is 95.2 Å². The Kier molecular flexibility index (Phi) is 8.27. The van der Waals surface area contributed by atoms with Gasteiger partial charge in [0.05, 0.1) is 33.6 Å². The number of benzene rings is 1. The summed E-state index contributed by atoms with van der Waals surface area (Å²) in [6.07, 6.45) is 20.8. The Labute approximate surface area is 317 Å². The van der Waals surface area contributed by atoms with Crippen LogP contribution in [-0.2, 0) is 21.1 Å². The van der Waals surface area contributed by atoms with Crippen molar-refractivity contribution >= 4 is 69.4 Å². The molecule has 2 aliphatic heterocycles. The van der Waals surface area contributed by atoms with Gasteiger partial charge < -0.3 is 9.97 Å². The van der Waals surface area contributed by atoms with E-state index in [1.165, 1.54) is 0 Å². The number of hydrogen-bond acceptors (Lipinski definition) is 4. The molecule has 0 unspecified atom stereocenters. The normalized spacial score (nSPS) is 11.8. The second-order valence-corrected chi connectivity index (χ2v) is 13.7. The number of aryl methyl sites for hydroxylation is 3. The molecule has 0 saturated heterocycles. The highest BCUT2D eigenvalue weighted by Gasteiger charge is 2.20. The number of hydrogen-bond donors (Lipinski definition) is 2. The van der Waals surface area contributed by atoms with Gasteiger partial charge in [-0.1, -0.05) is 12.1 Å². The van der Waals surface area contributed by atoms with Gasteiger partial charge in [-0.3, -0.25) is 0 Å². The van der Waals surface area contributed by atoms with Gasteiger partial charge in [0.25, 0.3) is 0 Å². The van der Waals surface area contributed by atoms with Crippen LogP contribution in [0.1, 0.15) is 22.8 Å². The van der Waals surface area contributed by atoms with E-state index in [0.29, 0.717) is 0 Å². The molecule has 8 nitrogen and oxygen atoms in total. The van der Waals surface area contributed by atoms with Crippen LogP contribution in [0.4, 0.5) is 5.69 Å². The Morgan fingerprint density at radius 2 is 0.778 bits per heavy atom. The van der Waals surface area contributed by atoms with E-state index in [1.807, 2.05) is 47.0 Å². The maximum atomic E-state index is 5.38. The van der Waals surface area contributed by atoms with Crippen molar-refractivity contribution < 1.29 is 13.7 Å². The second-order valence-electron chi connectivity index (χ2n) is 13.5. The topological polar surface area (TPSA) is 81.4 Å². The third kappa shape index (κ3) is 6.07. The monoisotopic (exact) mass is 719 g/mol. The van der Waals surface area contributed by atoms with Gasteiger partial charge in [-0.15, -0.1) is 0 Å². The highest BCUT2D eigenvalue weighted by atomic mass is 32.1. The maximum Gasteiger partial charge on any atom is 0.169 e. The Morgan fingerprint density at radius 1 is 0.444 bits per heavy atom. The number of thiocarbonyl (C=S) groups is 1. The third-order valence-corrected chi connectivity index (χ3v) is 9.98. The number of H-pyrrole nitrogens is 2. The molecule has 0 aliphatic carbocycles. The Morgan fingerprint density at radius 3 is 1.17 bits per heavy atom. The van der Waals surface area contributed by atoms with E-state index < -0.39 is 0 Å². The SMILES string of the molecule is C[n+]1ccc(-c2c3nc(c(-c4cc[n+](C)cc4)c4ccc([nH]4)c(-c4ccc(N=C=S)cc4)c4ccc([nH]4)c(-c4cc[n+](C)cc4)c4nc2C=C4)C=C3)cc1. The summed E-state index contributed by atoms with van der Waals surface area (Å²) in [5, 5.41) is 2.48. The largest absolute Gasteiger partial charge is 0.354 e. The van der Waals surface area contributed by atoms with E-state index in [9.17, 15) is 0 Å². The van der Waals surface area contributed by atoms with E-state index in [-0.39, 0.29) is 0 Å². The molecule has 8 bridgehead atoms. The maximum absolute atomic E-state index is 5.38. The zero-order chi connectivity index (χ0) is 36.8. The Bertz CT molecular complexity index is 2730. The van der Waals surface area contributed by atoms with E-state index >= 15 is 0 Å². The van der Waals surface area contributed by atoms with Crippen molar-refractivity contribution in [2.45, 2.75) is 0 Å². The number of pyridine rings is 3. The molecular formula is C45H35N8S+3. The highest BCUT2D eigenvalue weighted by Crippen LogP contribution is 2.38.